The largest absolute Gasteiger partial charge is 0.385 e. The van der Waals surface area contributed by atoms with E-state index in [4.69, 9.17) is 0 Å². The molecular formula is C13H16N2O. The molecule has 0 saturated carbocycles. The maximum Gasteiger partial charge on any atom is 0.220 e. The molecule has 1 amide bonds. The van der Waals surface area contributed by atoms with Gasteiger partial charge in [0.1, 0.15) is 0 Å². The Morgan fingerprint density at radius 2 is 1.81 bits per heavy atom. The standard InChI is InChI=1S/C13H16N2O/c16-12-9-13(6-8-15-12)5-7-14-11-4-2-1-3-10(11)13/h1-4,14H,5-9H2,(H,15,16). The SMILES string of the molecule is O=C1CC2(CCN1)CCNc1ccccc12. The average Bonchev–Trinajstić information content (AvgIpc) is 2.30. The Bertz CT molecular complexity index is 430. The van der Waals surface area contributed by atoms with E-state index in [9.17, 15) is 4.79 Å². The lowest BCUT2D eigenvalue weighted by atomic mass is 9.68. The lowest BCUT2D eigenvalue weighted by Crippen LogP contribution is -2.46. The minimum absolute atomic E-state index is 0.0875. The summed E-state index contributed by atoms with van der Waals surface area (Å²) >= 11 is 0. The van der Waals surface area contributed by atoms with Gasteiger partial charge in [0, 0.05) is 30.6 Å². The van der Waals surface area contributed by atoms with Crippen molar-refractivity contribution in [3.63, 3.8) is 0 Å². The van der Waals surface area contributed by atoms with Crippen molar-refractivity contribution in [3.8, 4) is 0 Å². The smallest absolute Gasteiger partial charge is 0.220 e. The predicted octanol–water partition coefficient (Wildman–Crippen LogP) is 1.65. The number of hydrogen-bond acceptors (Lipinski definition) is 2. The maximum atomic E-state index is 11.6. The number of carbonyl (C=O) groups is 1. The van der Waals surface area contributed by atoms with Crippen LogP contribution in [0.25, 0.3) is 0 Å². The van der Waals surface area contributed by atoms with Crippen LogP contribution in [0.1, 0.15) is 24.8 Å². The van der Waals surface area contributed by atoms with Crippen LogP contribution in [0.4, 0.5) is 5.69 Å². The van der Waals surface area contributed by atoms with Crippen molar-refractivity contribution >= 4 is 11.6 Å². The monoisotopic (exact) mass is 216 g/mol. The summed E-state index contributed by atoms with van der Waals surface area (Å²) in [7, 11) is 0. The maximum absolute atomic E-state index is 11.6. The van der Waals surface area contributed by atoms with Gasteiger partial charge in [-0.3, -0.25) is 4.79 Å². The summed E-state index contributed by atoms with van der Waals surface area (Å²) in [6, 6.07) is 8.40. The van der Waals surface area contributed by atoms with Crippen LogP contribution in [-0.2, 0) is 10.2 Å². The van der Waals surface area contributed by atoms with Crippen molar-refractivity contribution in [2.24, 2.45) is 0 Å². The van der Waals surface area contributed by atoms with E-state index in [1.807, 2.05) is 6.07 Å². The first kappa shape index (κ1) is 9.70. The Kier molecular flexibility index (Phi) is 2.13. The summed E-state index contributed by atoms with van der Waals surface area (Å²) in [6.07, 6.45) is 2.78. The van der Waals surface area contributed by atoms with Crippen molar-refractivity contribution in [3.05, 3.63) is 29.8 Å². The fourth-order valence-corrected chi connectivity index (χ4v) is 3.01. The molecule has 1 aromatic carbocycles. The third-order valence-electron chi connectivity index (χ3n) is 3.84. The second kappa shape index (κ2) is 3.51. The van der Waals surface area contributed by atoms with Gasteiger partial charge >= 0.3 is 0 Å². The van der Waals surface area contributed by atoms with Gasteiger partial charge in [0.15, 0.2) is 0 Å². The third-order valence-corrected chi connectivity index (χ3v) is 3.84. The Hall–Kier alpha value is -1.51. The zero-order chi connectivity index (χ0) is 11.0. The van der Waals surface area contributed by atoms with E-state index in [1.165, 1.54) is 11.3 Å². The van der Waals surface area contributed by atoms with Gasteiger partial charge in [0.25, 0.3) is 0 Å². The van der Waals surface area contributed by atoms with Crippen LogP contribution >= 0.6 is 0 Å². The van der Waals surface area contributed by atoms with E-state index in [0.717, 1.165) is 25.9 Å². The van der Waals surface area contributed by atoms with Crippen LogP contribution < -0.4 is 10.6 Å². The summed E-state index contributed by atoms with van der Waals surface area (Å²) in [5.74, 6) is 0.197. The average molecular weight is 216 g/mol. The van der Waals surface area contributed by atoms with Gasteiger partial charge < -0.3 is 10.6 Å². The number of fused-ring (bicyclic) bond motifs is 2. The predicted molar refractivity (Wildman–Crippen MR) is 63.5 cm³/mol. The summed E-state index contributed by atoms with van der Waals surface area (Å²) < 4.78 is 0. The first-order valence-electron chi connectivity index (χ1n) is 5.90. The van der Waals surface area contributed by atoms with Crippen molar-refractivity contribution in [2.45, 2.75) is 24.7 Å². The molecule has 0 aromatic heterocycles. The lowest BCUT2D eigenvalue weighted by Gasteiger charge is -2.41. The Morgan fingerprint density at radius 3 is 2.62 bits per heavy atom. The van der Waals surface area contributed by atoms with E-state index in [-0.39, 0.29) is 11.3 Å². The van der Waals surface area contributed by atoms with Gasteiger partial charge in [-0.1, -0.05) is 18.2 Å². The number of para-hydroxylation sites is 1. The van der Waals surface area contributed by atoms with Crippen LogP contribution in [0.2, 0.25) is 0 Å². The van der Waals surface area contributed by atoms with Crippen molar-refractivity contribution in [1.82, 2.24) is 5.32 Å². The highest BCUT2D eigenvalue weighted by Gasteiger charge is 2.40. The first-order valence-corrected chi connectivity index (χ1v) is 5.90. The molecule has 2 aliphatic heterocycles. The highest BCUT2D eigenvalue weighted by molar-refractivity contribution is 5.79. The lowest BCUT2D eigenvalue weighted by molar-refractivity contribution is -0.124. The van der Waals surface area contributed by atoms with E-state index in [2.05, 4.69) is 28.8 Å². The van der Waals surface area contributed by atoms with Crippen molar-refractivity contribution in [1.29, 1.82) is 0 Å². The van der Waals surface area contributed by atoms with E-state index < -0.39 is 0 Å². The number of carbonyl (C=O) groups excluding carboxylic acids is 1. The Balaban J connectivity index is 2.05. The van der Waals surface area contributed by atoms with Gasteiger partial charge in [-0.15, -0.1) is 0 Å². The van der Waals surface area contributed by atoms with E-state index >= 15 is 0 Å². The summed E-state index contributed by atoms with van der Waals surface area (Å²) in [6.45, 7) is 1.79. The first-order chi connectivity index (χ1) is 7.80. The van der Waals surface area contributed by atoms with Gasteiger partial charge in [0.05, 0.1) is 0 Å². The zero-order valence-corrected chi connectivity index (χ0v) is 9.25. The van der Waals surface area contributed by atoms with Gasteiger partial charge in [-0.2, -0.15) is 0 Å². The molecule has 1 aromatic rings. The van der Waals surface area contributed by atoms with Crippen molar-refractivity contribution in [2.75, 3.05) is 18.4 Å². The highest BCUT2D eigenvalue weighted by Crippen LogP contribution is 2.43. The number of hydrogen-bond donors (Lipinski definition) is 2. The molecule has 3 nitrogen and oxygen atoms in total. The number of amides is 1. The molecule has 1 unspecified atom stereocenters. The quantitative estimate of drug-likeness (QED) is 0.692. The molecule has 1 fully saturated rings. The Morgan fingerprint density at radius 1 is 1.06 bits per heavy atom. The molecule has 2 heterocycles. The van der Waals surface area contributed by atoms with Crippen LogP contribution in [0.15, 0.2) is 24.3 Å². The van der Waals surface area contributed by atoms with Crippen LogP contribution in [0.3, 0.4) is 0 Å². The van der Waals surface area contributed by atoms with Gasteiger partial charge in [-0.25, -0.2) is 0 Å². The highest BCUT2D eigenvalue weighted by atomic mass is 16.1. The minimum Gasteiger partial charge on any atom is -0.385 e. The second-order valence-corrected chi connectivity index (χ2v) is 4.78. The van der Waals surface area contributed by atoms with Crippen LogP contribution in [-0.4, -0.2) is 19.0 Å². The fourth-order valence-electron chi connectivity index (χ4n) is 3.01. The molecule has 84 valence electrons. The molecule has 1 saturated heterocycles. The zero-order valence-electron chi connectivity index (χ0n) is 9.25. The second-order valence-electron chi connectivity index (χ2n) is 4.78. The normalized spacial score (nSPS) is 28.1. The van der Waals surface area contributed by atoms with Gasteiger partial charge in [-0.05, 0) is 24.5 Å². The molecule has 16 heavy (non-hydrogen) atoms. The van der Waals surface area contributed by atoms with Gasteiger partial charge in [0.2, 0.25) is 5.91 Å². The fraction of sp³-hybridized carbons (Fsp3) is 0.462. The molecule has 1 spiro atoms. The Labute approximate surface area is 95.2 Å². The molecule has 2 N–H and O–H groups in total. The molecule has 0 bridgehead atoms. The molecule has 2 aliphatic rings. The molecule has 3 rings (SSSR count). The molecular weight excluding hydrogens is 200 g/mol. The molecule has 0 radical (unpaired) electrons. The van der Waals surface area contributed by atoms with Crippen LogP contribution in [0.5, 0.6) is 0 Å². The summed E-state index contributed by atoms with van der Waals surface area (Å²) in [5.41, 5.74) is 2.63. The number of piperidine rings is 1. The third kappa shape index (κ3) is 1.39. The summed E-state index contributed by atoms with van der Waals surface area (Å²) in [4.78, 5) is 11.6. The topological polar surface area (TPSA) is 41.1 Å². The molecule has 0 aliphatic carbocycles. The molecule has 3 heteroatoms. The number of rotatable bonds is 0. The van der Waals surface area contributed by atoms with Crippen molar-refractivity contribution < 1.29 is 4.79 Å². The van der Waals surface area contributed by atoms with E-state index in [0.29, 0.717) is 6.42 Å². The minimum atomic E-state index is 0.0875. The van der Waals surface area contributed by atoms with E-state index in [1.54, 1.807) is 0 Å². The number of nitrogens with one attached hydrogen (secondary N) is 2. The van der Waals surface area contributed by atoms with Crippen LogP contribution in [0, 0.1) is 0 Å². The summed E-state index contributed by atoms with van der Waals surface area (Å²) in [5, 5.41) is 6.34. The number of benzene rings is 1. The number of anilines is 1. The molecule has 1 atom stereocenters.